The Bertz CT molecular complexity index is 1310. The van der Waals surface area contributed by atoms with E-state index in [2.05, 4.69) is 39.3 Å². The van der Waals surface area contributed by atoms with Gasteiger partial charge in [0.1, 0.15) is 0 Å². The van der Waals surface area contributed by atoms with Gasteiger partial charge in [0.25, 0.3) is 0 Å². The lowest BCUT2D eigenvalue weighted by Gasteiger charge is -2.15. The number of alkyl halides is 2. The van der Waals surface area contributed by atoms with E-state index in [1.54, 1.807) is 0 Å². The minimum absolute atomic E-state index is 0.194. The zero-order valence-corrected chi connectivity index (χ0v) is 18.2. The van der Waals surface area contributed by atoms with E-state index in [0.29, 0.717) is 0 Å². The van der Waals surface area contributed by atoms with E-state index < -0.39 is 11.8 Å². The predicted octanol–water partition coefficient (Wildman–Crippen LogP) is 5.01. The topological polar surface area (TPSA) is 66.9 Å². The Kier molecular flexibility index (Phi) is 5.24. The molecule has 2 N–H and O–H groups in total. The first-order chi connectivity index (χ1) is 15.1. The number of fused-ring (bicyclic) bond motifs is 1. The van der Waals surface area contributed by atoms with Crippen LogP contribution in [0.5, 0.6) is 0 Å². The van der Waals surface area contributed by atoms with Gasteiger partial charge in [0, 0.05) is 35.2 Å². The Labute approximate surface area is 189 Å². The summed E-state index contributed by atoms with van der Waals surface area (Å²) in [5.41, 5.74) is 5.36. The lowest BCUT2D eigenvalue weighted by atomic mass is 9.83. The highest BCUT2D eigenvalue weighted by molar-refractivity contribution is 6.40. The minimum Gasteiger partial charge on any atom is -0.361 e. The first-order valence-corrected chi connectivity index (χ1v) is 11.3. The van der Waals surface area contributed by atoms with Crippen molar-refractivity contribution in [2.45, 2.75) is 31.2 Å². The van der Waals surface area contributed by atoms with Gasteiger partial charge in [-0.1, -0.05) is 36.4 Å². The largest absolute Gasteiger partial charge is 0.361 e. The summed E-state index contributed by atoms with van der Waals surface area (Å²) < 4.78 is 2.26. The van der Waals surface area contributed by atoms with Crippen LogP contribution in [-0.2, 0) is 22.6 Å². The lowest BCUT2D eigenvalue weighted by molar-refractivity contribution is -0.125. The molecule has 7 heteroatoms. The van der Waals surface area contributed by atoms with Crippen molar-refractivity contribution in [1.82, 2.24) is 14.9 Å². The smallest absolute Gasteiger partial charge is 0.235 e. The van der Waals surface area contributed by atoms with Gasteiger partial charge in [-0.25, -0.2) is 0 Å². The van der Waals surface area contributed by atoms with E-state index in [-0.39, 0.29) is 17.2 Å². The summed E-state index contributed by atoms with van der Waals surface area (Å²) >= 11 is 9.53. The molecule has 5 nitrogen and oxygen atoms in total. The van der Waals surface area contributed by atoms with Crippen molar-refractivity contribution >= 4 is 56.8 Å². The molecule has 2 aliphatic heterocycles. The van der Waals surface area contributed by atoms with E-state index in [0.717, 1.165) is 46.8 Å². The molecule has 31 heavy (non-hydrogen) atoms. The first-order valence-electron chi connectivity index (χ1n) is 10.3. The highest BCUT2D eigenvalue weighted by atomic mass is 35.5. The molecule has 0 unspecified atom stereocenters. The molecule has 0 bridgehead atoms. The number of hydrogen-bond acceptors (Lipinski definition) is 2. The Morgan fingerprint density at radius 1 is 0.935 bits per heavy atom. The van der Waals surface area contributed by atoms with Crippen LogP contribution < -0.4 is 5.32 Å². The quantitative estimate of drug-likeness (QED) is 0.330. The molecule has 1 fully saturated rings. The zero-order valence-electron chi connectivity index (χ0n) is 16.7. The molecule has 4 heterocycles. The van der Waals surface area contributed by atoms with Gasteiger partial charge in [0.15, 0.2) is 0 Å². The molecule has 2 atom stereocenters. The predicted molar refractivity (Wildman–Crippen MR) is 124 cm³/mol. The SMILES string of the molecule is ClCCl.O=C1NC(=O)[C@@H](c2cn3c4c(cccc24)CCC3)[C@@H]1c1c[nH]c2ccccc12. The zero-order chi connectivity index (χ0) is 21.5. The number of imide groups is 1. The number of hydrogen-bond donors (Lipinski definition) is 2. The fraction of sp³-hybridized carbons (Fsp3) is 0.250. The summed E-state index contributed by atoms with van der Waals surface area (Å²) in [5, 5.41) is 4.87. The molecule has 158 valence electrons. The number of rotatable bonds is 2. The maximum absolute atomic E-state index is 12.9. The Hall–Kier alpha value is -2.76. The number of para-hydroxylation sites is 2. The first kappa shape index (κ1) is 20.2. The molecule has 6 rings (SSSR count). The van der Waals surface area contributed by atoms with Crippen LogP contribution in [0, 0.1) is 0 Å². The van der Waals surface area contributed by atoms with Gasteiger partial charge in [0.05, 0.1) is 22.7 Å². The van der Waals surface area contributed by atoms with Crippen LogP contribution in [0.15, 0.2) is 54.9 Å². The van der Waals surface area contributed by atoms with Crippen molar-refractivity contribution in [2.75, 3.05) is 5.34 Å². The van der Waals surface area contributed by atoms with Gasteiger partial charge in [0.2, 0.25) is 11.8 Å². The second-order valence-corrected chi connectivity index (χ2v) is 8.70. The fourth-order valence-corrected chi connectivity index (χ4v) is 5.10. The van der Waals surface area contributed by atoms with E-state index >= 15 is 0 Å². The Morgan fingerprint density at radius 2 is 1.65 bits per heavy atom. The van der Waals surface area contributed by atoms with Crippen molar-refractivity contribution < 1.29 is 9.59 Å². The van der Waals surface area contributed by atoms with Gasteiger partial charge in [-0.05, 0) is 35.6 Å². The molecule has 0 spiro atoms. The fourth-order valence-electron chi connectivity index (χ4n) is 5.10. The third-order valence-corrected chi connectivity index (χ3v) is 6.29. The van der Waals surface area contributed by atoms with E-state index in [1.807, 2.05) is 30.5 Å². The second kappa shape index (κ2) is 8.06. The molecule has 0 saturated carbocycles. The molecule has 2 aromatic heterocycles. The van der Waals surface area contributed by atoms with Gasteiger partial charge < -0.3 is 9.55 Å². The molecule has 2 aromatic carbocycles. The molecular weight excluding hydrogens is 433 g/mol. The molecule has 0 aliphatic carbocycles. The Balaban J connectivity index is 0.000000646. The molecule has 4 aromatic rings. The van der Waals surface area contributed by atoms with Crippen LogP contribution in [0.25, 0.3) is 21.8 Å². The third-order valence-electron chi connectivity index (χ3n) is 6.29. The number of aromatic nitrogens is 2. The molecule has 1 saturated heterocycles. The number of nitrogens with one attached hydrogen (secondary N) is 2. The monoisotopic (exact) mass is 453 g/mol. The summed E-state index contributed by atoms with van der Waals surface area (Å²) in [7, 11) is 0. The number of halogens is 2. The number of amides is 2. The van der Waals surface area contributed by atoms with Gasteiger partial charge >= 0.3 is 0 Å². The average molecular weight is 454 g/mol. The van der Waals surface area contributed by atoms with Crippen molar-refractivity contribution in [2.24, 2.45) is 0 Å². The van der Waals surface area contributed by atoms with Crippen LogP contribution in [0.2, 0.25) is 0 Å². The van der Waals surface area contributed by atoms with E-state index in [9.17, 15) is 9.59 Å². The highest BCUT2D eigenvalue weighted by Crippen LogP contribution is 2.44. The maximum atomic E-state index is 12.9. The Morgan fingerprint density at radius 3 is 2.45 bits per heavy atom. The second-order valence-electron chi connectivity index (χ2n) is 7.89. The summed E-state index contributed by atoms with van der Waals surface area (Å²) in [6, 6.07) is 14.2. The van der Waals surface area contributed by atoms with Crippen LogP contribution >= 0.6 is 23.2 Å². The van der Waals surface area contributed by atoms with Crippen LogP contribution in [-0.4, -0.2) is 26.7 Å². The van der Waals surface area contributed by atoms with Gasteiger partial charge in [-0.15, -0.1) is 23.2 Å². The summed E-state index contributed by atoms with van der Waals surface area (Å²) in [4.78, 5) is 29.0. The number of H-pyrrole nitrogens is 1. The van der Waals surface area contributed by atoms with Gasteiger partial charge in [-0.2, -0.15) is 0 Å². The summed E-state index contributed by atoms with van der Waals surface area (Å²) in [6.07, 6.45) is 6.13. The lowest BCUT2D eigenvalue weighted by Crippen LogP contribution is -2.21. The minimum atomic E-state index is -0.521. The maximum Gasteiger partial charge on any atom is 0.235 e. The van der Waals surface area contributed by atoms with Crippen molar-refractivity contribution in [3.05, 3.63) is 71.5 Å². The normalized spacial score (nSPS) is 20.1. The van der Waals surface area contributed by atoms with Crippen LogP contribution in [0.4, 0.5) is 0 Å². The van der Waals surface area contributed by atoms with Crippen LogP contribution in [0.1, 0.15) is 34.9 Å². The molecule has 2 aliphatic rings. The molecular formula is C24H21Cl2N3O2. The number of carbonyl (C=O) groups is 2. The third kappa shape index (κ3) is 3.24. The standard InChI is InChI=1S/C23H19N3O2.CH2Cl2/c27-22-19(16-11-24-18-9-2-1-7-14(16)18)20(23(28)25-22)17-12-26-10-4-6-13-5-3-8-15(17)21(13)26;2-1-3/h1-3,5,7-9,11-12,19-20,24H,4,6,10H2,(H,25,27,28);1H2/t19-,20-;/m0./s1. The number of nitrogens with zero attached hydrogens (tertiary/aromatic N) is 1. The van der Waals surface area contributed by atoms with Crippen molar-refractivity contribution in [3.8, 4) is 0 Å². The van der Waals surface area contributed by atoms with Crippen molar-refractivity contribution in [1.29, 1.82) is 0 Å². The molecule has 0 radical (unpaired) electrons. The molecule has 2 amide bonds. The summed E-state index contributed by atoms with van der Waals surface area (Å²) in [6.45, 7) is 0.952. The number of aryl methyl sites for hydroxylation is 2. The van der Waals surface area contributed by atoms with E-state index in [1.165, 1.54) is 11.1 Å². The highest BCUT2D eigenvalue weighted by Gasteiger charge is 2.45. The van der Waals surface area contributed by atoms with Gasteiger partial charge in [-0.3, -0.25) is 14.9 Å². The van der Waals surface area contributed by atoms with Crippen LogP contribution in [0.3, 0.4) is 0 Å². The number of carbonyl (C=O) groups excluding carboxylic acids is 2. The van der Waals surface area contributed by atoms with E-state index in [4.69, 9.17) is 23.2 Å². The summed E-state index contributed by atoms with van der Waals surface area (Å²) in [5.74, 6) is -1.45. The average Bonchev–Trinajstić information content (AvgIpc) is 3.43. The number of aromatic amines is 1. The number of benzene rings is 2. The van der Waals surface area contributed by atoms with Crippen molar-refractivity contribution in [3.63, 3.8) is 0 Å².